The molecule has 0 aliphatic heterocycles. The van der Waals surface area contributed by atoms with Crippen LogP contribution < -0.4 is 20.9 Å². The van der Waals surface area contributed by atoms with Gasteiger partial charge < -0.3 is 25.7 Å². The molecule has 0 spiro atoms. The Morgan fingerprint density at radius 3 is 2.48 bits per heavy atom. The second-order valence-corrected chi connectivity index (χ2v) is 5.29. The highest BCUT2D eigenvalue weighted by Crippen LogP contribution is 2.36. The molecule has 2 rings (SSSR count). The number of hydrogen-bond donors (Lipinski definition) is 2. The van der Waals surface area contributed by atoms with Crippen molar-refractivity contribution in [1.29, 1.82) is 0 Å². The fourth-order valence-corrected chi connectivity index (χ4v) is 2.18. The van der Waals surface area contributed by atoms with Gasteiger partial charge in [0, 0.05) is 0 Å². The van der Waals surface area contributed by atoms with Crippen LogP contribution in [0.1, 0.15) is 29.5 Å². The van der Waals surface area contributed by atoms with Gasteiger partial charge in [0.05, 0.1) is 24.3 Å². The largest absolute Gasteiger partial charge is 0.493 e. The highest BCUT2D eigenvalue weighted by Gasteiger charge is 2.17. The Morgan fingerprint density at radius 1 is 1.20 bits per heavy atom. The Kier molecular flexibility index (Phi) is 6.18. The summed E-state index contributed by atoms with van der Waals surface area (Å²) in [4.78, 5) is 23.5. The Bertz CT molecular complexity index is 752. The first-order chi connectivity index (χ1) is 11.9. The van der Waals surface area contributed by atoms with Gasteiger partial charge >= 0.3 is 5.97 Å². The van der Waals surface area contributed by atoms with Gasteiger partial charge in [-0.3, -0.25) is 0 Å². The summed E-state index contributed by atoms with van der Waals surface area (Å²) in [7, 11) is 1.45. The molecule has 1 aromatic carbocycles. The van der Waals surface area contributed by atoms with Crippen LogP contribution in [0.3, 0.4) is 0 Å². The molecule has 25 heavy (non-hydrogen) atoms. The van der Waals surface area contributed by atoms with E-state index in [9.17, 15) is 4.79 Å². The lowest BCUT2D eigenvalue weighted by Gasteiger charge is -2.13. The van der Waals surface area contributed by atoms with E-state index in [2.05, 4.69) is 15.0 Å². The lowest BCUT2D eigenvalue weighted by Crippen LogP contribution is -2.11. The minimum absolute atomic E-state index is 0.0549. The van der Waals surface area contributed by atoms with E-state index in [0.717, 1.165) is 6.42 Å². The fourth-order valence-electron chi connectivity index (χ4n) is 1.92. The van der Waals surface area contributed by atoms with Crippen molar-refractivity contribution in [2.24, 2.45) is 0 Å². The molecule has 4 N–H and O–H groups in total. The van der Waals surface area contributed by atoms with E-state index >= 15 is 0 Å². The van der Waals surface area contributed by atoms with E-state index in [1.54, 1.807) is 0 Å². The predicted molar refractivity (Wildman–Crippen MR) is 91.6 cm³/mol. The molecule has 0 saturated carbocycles. The molecule has 0 amide bonds. The van der Waals surface area contributed by atoms with Crippen molar-refractivity contribution in [1.82, 2.24) is 15.0 Å². The van der Waals surface area contributed by atoms with Crippen LogP contribution in [0, 0.1) is 0 Å². The number of esters is 1. The van der Waals surface area contributed by atoms with Crippen LogP contribution in [0.15, 0.2) is 12.1 Å². The van der Waals surface area contributed by atoms with Crippen LogP contribution in [0.2, 0.25) is 5.02 Å². The summed E-state index contributed by atoms with van der Waals surface area (Å²) in [6, 6.07) is 2.92. The molecule has 1 heterocycles. The molecule has 0 unspecified atom stereocenters. The maximum absolute atomic E-state index is 12.2. The van der Waals surface area contributed by atoms with Gasteiger partial charge in [-0.25, -0.2) is 4.79 Å². The normalized spacial score (nSPS) is 10.4. The van der Waals surface area contributed by atoms with Gasteiger partial charge in [-0.15, -0.1) is 0 Å². The number of halogens is 1. The van der Waals surface area contributed by atoms with E-state index in [1.165, 1.54) is 19.2 Å². The molecule has 0 radical (unpaired) electrons. The Morgan fingerprint density at radius 2 is 1.88 bits per heavy atom. The van der Waals surface area contributed by atoms with E-state index < -0.39 is 5.97 Å². The molecule has 134 valence electrons. The summed E-state index contributed by atoms with van der Waals surface area (Å²) in [5.41, 5.74) is 11.1. The summed E-state index contributed by atoms with van der Waals surface area (Å²) < 4.78 is 15.9. The first kappa shape index (κ1) is 18.5. The molecule has 9 nitrogen and oxygen atoms in total. The van der Waals surface area contributed by atoms with Crippen LogP contribution in [0.25, 0.3) is 0 Å². The van der Waals surface area contributed by atoms with Crippen molar-refractivity contribution in [3.8, 4) is 11.5 Å². The third kappa shape index (κ3) is 4.83. The van der Waals surface area contributed by atoms with E-state index in [-0.39, 0.29) is 34.9 Å². The molecule has 0 saturated heterocycles. The van der Waals surface area contributed by atoms with Gasteiger partial charge in [-0.2, -0.15) is 15.0 Å². The quantitative estimate of drug-likeness (QED) is 0.702. The molecular formula is C15H18ClN5O4. The number of carbonyl (C=O) groups is 1. The van der Waals surface area contributed by atoms with E-state index in [4.69, 9.17) is 37.3 Å². The third-order valence-electron chi connectivity index (χ3n) is 2.96. The number of aromatic nitrogens is 3. The number of rotatable bonds is 7. The van der Waals surface area contributed by atoms with Gasteiger partial charge in [-0.05, 0) is 18.6 Å². The lowest BCUT2D eigenvalue weighted by molar-refractivity contribution is 0.0461. The zero-order chi connectivity index (χ0) is 18.4. The highest BCUT2D eigenvalue weighted by molar-refractivity contribution is 6.32. The molecule has 0 atom stereocenters. The first-order valence-corrected chi connectivity index (χ1v) is 7.75. The third-order valence-corrected chi connectivity index (χ3v) is 3.25. The number of benzene rings is 1. The van der Waals surface area contributed by atoms with Crippen LogP contribution >= 0.6 is 11.6 Å². The van der Waals surface area contributed by atoms with Crippen molar-refractivity contribution < 1.29 is 19.0 Å². The number of anilines is 2. The number of nitrogens with two attached hydrogens (primary N) is 2. The standard InChI is InChI=1S/C15H18ClN5O4/c1-3-4-24-12-9(16)5-8(6-10(12)23-2)13(22)25-7-11-19-14(17)21-15(18)20-11/h5-6H,3-4,7H2,1-2H3,(H4,17,18,19,20,21). The number of nitrogens with zero attached hydrogens (tertiary/aromatic N) is 3. The van der Waals surface area contributed by atoms with Crippen LogP contribution in [0.4, 0.5) is 11.9 Å². The Balaban J connectivity index is 2.14. The number of nitrogen functional groups attached to an aromatic ring is 2. The van der Waals surface area contributed by atoms with Crippen molar-refractivity contribution in [3.63, 3.8) is 0 Å². The minimum Gasteiger partial charge on any atom is -0.493 e. The van der Waals surface area contributed by atoms with Gasteiger partial charge in [0.25, 0.3) is 0 Å². The van der Waals surface area contributed by atoms with Crippen molar-refractivity contribution >= 4 is 29.5 Å². The molecular weight excluding hydrogens is 350 g/mol. The molecule has 0 fully saturated rings. The maximum atomic E-state index is 12.2. The summed E-state index contributed by atoms with van der Waals surface area (Å²) in [5, 5.41) is 0.244. The summed E-state index contributed by atoms with van der Waals surface area (Å²) in [5.74, 6) is 0.0996. The fraction of sp³-hybridized carbons (Fsp3) is 0.333. The smallest absolute Gasteiger partial charge is 0.338 e. The van der Waals surface area contributed by atoms with Crippen LogP contribution in [-0.2, 0) is 11.3 Å². The second-order valence-electron chi connectivity index (χ2n) is 4.88. The average molecular weight is 368 g/mol. The van der Waals surface area contributed by atoms with Gasteiger partial charge in [-0.1, -0.05) is 18.5 Å². The monoisotopic (exact) mass is 367 g/mol. The molecule has 1 aromatic heterocycles. The number of hydrogen-bond acceptors (Lipinski definition) is 9. The Hall–Kier alpha value is -2.81. The van der Waals surface area contributed by atoms with E-state index in [1.807, 2.05) is 6.92 Å². The minimum atomic E-state index is -0.639. The zero-order valence-electron chi connectivity index (χ0n) is 13.8. The number of carbonyl (C=O) groups excluding carboxylic acids is 1. The average Bonchev–Trinajstić information content (AvgIpc) is 2.57. The zero-order valence-corrected chi connectivity index (χ0v) is 14.5. The molecule has 0 aliphatic rings. The molecule has 2 aromatic rings. The highest BCUT2D eigenvalue weighted by atomic mass is 35.5. The van der Waals surface area contributed by atoms with Crippen molar-refractivity contribution in [2.45, 2.75) is 20.0 Å². The number of ether oxygens (including phenoxy) is 3. The van der Waals surface area contributed by atoms with Crippen LogP contribution in [0.5, 0.6) is 11.5 Å². The molecule has 10 heteroatoms. The predicted octanol–water partition coefficient (Wildman–Crippen LogP) is 1.84. The SMILES string of the molecule is CCCOc1c(Cl)cc(C(=O)OCc2nc(N)nc(N)n2)cc1OC. The van der Waals surface area contributed by atoms with Crippen LogP contribution in [-0.4, -0.2) is 34.6 Å². The first-order valence-electron chi connectivity index (χ1n) is 7.38. The van der Waals surface area contributed by atoms with Crippen molar-refractivity contribution in [3.05, 3.63) is 28.5 Å². The lowest BCUT2D eigenvalue weighted by atomic mass is 10.2. The molecule has 0 bridgehead atoms. The van der Waals surface area contributed by atoms with Gasteiger partial charge in [0.15, 0.2) is 23.9 Å². The topological polar surface area (TPSA) is 135 Å². The van der Waals surface area contributed by atoms with Gasteiger partial charge in [0.2, 0.25) is 11.9 Å². The summed E-state index contributed by atoms with van der Waals surface area (Å²) in [6.45, 7) is 2.22. The molecule has 0 aliphatic carbocycles. The Labute approximate surface area is 149 Å². The summed E-state index contributed by atoms with van der Waals surface area (Å²) >= 11 is 6.17. The van der Waals surface area contributed by atoms with E-state index in [0.29, 0.717) is 18.1 Å². The van der Waals surface area contributed by atoms with Gasteiger partial charge in [0.1, 0.15) is 0 Å². The maximum Gasteiger partial charge on any atom is 0.338 e. The van der Waals surface area contributed by atoms with Crippen molar-refractivity contribution in [2.75, 3.05) is 25.2 Å². The summed E-state index contributed by atoms with van der Waals surface area (Å²) in [6.07, 6.45) is 0.807. The number of methoxy groups -OCH3 is 1. The second kappa shape index (κ2) is 8.34.